The molecule has 0 aromatic heterocycles. The smallest absolute Gasteiger partial charge is 0.219 e. The van der Waals surface area contributed by atoms with Gasteiger partial charge in [0, 0.05) is 39.6 Å². The molecule has 0 atom stereocenters. The van der Waals surface area contributed by atoms with Gasteiger partial charge in [-0.1, -0.05) is 24.3 Å². The van der Waals surface area contributed by atoms with Crippen molar-refractivity contribution in [2.75, 3.05) is 32.7 Å². The summed E-state index contributed by atoms with van der Waals surface area (Å²) >= 11 is 0. The maximum Gasteiger partial charge on any atom is 0.219 e. The predicted molar refractivity (Wildman–Crippen MR) is 110 cm³/mol. The highest BCUT2D eigenvalue weighted by atomic mass is 16.5. The van der Waals surface area contributed by atoms with Gasteiger partial charge in [-0.2, -0.15) is 0 Å². The highest BCUT2D eigenvalue weighted by Crippen LogP contribution is 2.14. The van der Waals surface area contributed by atoms with Crippen LogP contribution in [0.1, 0.15) is 45.7 Å². The molecule has 1 aromatic rings. The highest BCUT2D eigenvalue weighted by molar-refractivity contribution is 5.80. The van der Waals surface area contributed by atoms with Gasteiger partial charge in [0.25, 0.3) is 0 Å². The maximum absolute atomic E-state index is 11.5. The van der Waals surface area contributed by atoms with E-state index in [-0.39, 0.29) is 11.5 Å². The first kappa shape index (κ1) is 21.2. The molecular weight excluding hydrogens is 340 g/mol. The predicted octanol–water partition coefficient (Wildman–Crippen LogP) is 2.63. The molecule has 1 aliphatic rings. The molecule has 1 aromatic carbocycles. The number of aliphatic imine (C=N–C) groups is 1. The summed E-state index contributed by atoms with van der Waals surface area (Å²) in [6.45, 7) is 15.1. The zero-order valence-corrected chi connectivity index (χ0v) is 17.4. The first-order chi connectivity index (χ1) is 12.8. The summed E-state index contributed by atoms with van der Waals surface area (Å²) in [5, 5.41) is 3.37. The quantitative estimate of drug-likeness (QED) is 0.636. The SMILES string of the molecule is CCNC(=NCc1cccc(COC(C)(C)C)c1)N1CCN(C(C)=O)CC1. The minimum Gasteiger partial charge on any atom is -0.371 e. The van der Waals surface area contributed by atoms with E-state index in [4.69, 9.17) is 9.73 Å². The lowest BCUT2D eigenvalue weighted by Gasteiger charge is -2.36. The van der Waals surface area contributed by atoms with Gasteiger partial charge in [-0.25, -0.2) is 4.99 Å². The van der Waals surface area contributed by atoms with Crippen LogP contribution in [0.15, 0.2) is 29.3 Å². The summed E-state index contributed by atoms with van der Waals surface area (Å²) < 4.78 is 5.87. The minimum atomic E-state index is -0.144. The van der Waals surface area contributed by atoms with Crippen LogP contribution in [0.5, 0.6) is 0 Å². The van der Waals surface area contributed by atoms with Crippen molar-refractivity contribution in [2.24, 2.45) is 4.99 Å². The van der Waals surface area contributed by atoms with Gasteiger partial charge >= 0.3 is 0 Å². The molecule has 0 saturated carbocycles. The van der Waals surface area contributed by atoms with Crippen LogP contribution in [-0.4, -0.2) is 60.0 Å². The van der Waals surface area contributed by atoms with Crippen molar-refractivity contribution in [1.29, 1.82) is 0 Å². The number of hydrogen-bond acceptors (Lipinski definition) is 3. The fourth-order valence-electron chi connectivity index (χ4n) is 2.94. The molecule has 6 nitrogen and oxygen atoms in total. The molecule has 27 heavy (non-hydrogen) atoms. The van der Waals surface area contributed by atoms with E-state index in [1.165, 1.54) is 5.56 Å². The average molecular weight is 375 g/mol. The molecule has 0 unspecified atom stereocenters. The van der Waals surface area contributed by atoms with Crippen LogP contribution in [0.3, 0.4) is 0 Å². The Kier molecular flexibility index (Phi) is 7.66. The second-order valence-electron chi connectivity index (χ2n) is 7.88. The van der Waals surface area contributed by atoms with Crippen molar-refractivity contribution in [3.8, 4) is 0 Å². The third-order valence-electron chi connectivity index (χ3n) is 4.43. The number of nitrogens with zero attached hydrogens (tertiary/aromatic N) is 3. The van der Waals surface area contributed by atoms with Gasteiger partial charge in [0.15, 0.2) is 5.96 Å². The Hall–Kier alpha value is -2.08. The van der Waals surface area contributed by atoms with Crippen LogP contribution in [0, 0.1) is 0 Å². The second-order valence-corrected chi connectivity index (χ2v) is 7.88. The number of piperazine rings is 1. The van der Waals surface area contributed by atoms with Crippen molar-refractivity contribution in [1.82, 2.24) is 15.1 Å². The van der Waals surface area contributed by atoms with Crippen molar-refractivity contribution in [3.05, 3.63) is 35.4 Å². The van der Waals surface area contributed by atoms with E-state index in [9.17, 15) is 4.79 Å². The molecule has 0 aliphatic carbocycles. The van der Waals surface area contributed by atoms with Crippen LogP contribution in [0.25, 0.3) is 0 Å². The number of amides is 1. The van der Waals surface area contributed by atoms with E-state index < -0.39 is 0 Å². The lowest BCUT2D eigenvalue weighted by atomic mass is 10.1. The molecule has 0 radical (unpaired) electrons. The Labute approximate surface area is 163 Å². The molecule has 150 valence electrons. The number of benzene rings is 1. The summed E-state index contributed by atoms with van der Waals surface area (Å²) in [4.78, 5) is 20.4. The summed E-state index contributed by atoms with van der Waals surface area (Å²) in [7, 11) is 0. The second kappa shape index (κ2) is 9.74. The van der Waals surface area contributed by atoms with Crippen molar-refractivity contribution < 1.29 is 9.53 Å². The summed E-state index contributed by atoms with van der Waals surface area (Å²) in [6.07, 6.45) is 0. The molecule has 0 spiro atoms. The minimum absolute atomic E-state index is 0.144. The largest absolute Gasteiger partial charge is 0.371 e. The Bertz CT molecular complexity index is 644. The Balaban J connectivity index is 1.99. The molecule has 0 bridgehead atoms. The zero-order chi connectivity index (χ0) is 19.9. The van der Waals surface area contributed by atoms with Crippen LogP contribution >= 0.6 is 0 Å². The van der Waals surface area contributed by atoms with Gasteiger partial charge in [-0.05, 0) is 38.8 Å². The first-order valence-corrected chi connectivity index (χ1v) is 9.79. The third-order valence-corrected chi connectivity index (χ3v) is 4.43. The van der Waals surface area contributed by atoms with Gasteiger partial charge in [-0.3, -0.25) is 4.79 Å². The molecule has 1 N–H and O–H groups in total. The molecule has 1 heterocycles. The number of carbonyl (C=O) groups excluding carboxylic acids is 1. The molecule has 1 amide bonds. The summed E-state index contributed by atoms with van der Waals surface area (Å²) in [6, 6.07) is 8.41. The standard InChI is InChI=1S/C21H34N4O2/c1-6-22-20(25-12-10-24(11-13-25)17(2)26)23-15-18-8-7-9-19(14-18)16-27-21(3,4)5/h7-9,14H,6,10-13,15-16H2,1-5H3,(H,22,23). The molecule has 6 heteroatoms. The molecular formula is C21H34N4O2. The van der Waals surface area contributed by atoms with E-state index in [1.54, 1.807) is 6.92 Å². The van der Waals surface area contributed by atoms with Gasteiger partial charge in [0.05, 0.1) is 18.8 Å². The van der Waals surface area contributed by atoms with E-state index in [1.807, 2.05) is 4.90 Å². The number of carbonyl (C=O) groups is 1. The highest BCUT2D eigenvalue weighted by Gasteiger charge is 2.20. The summed E-state index contributed by atoms with van der Waals surface area (Å²) in [5.41, 5.74) is 2.19. The molecule has 1 aliphatic heterocycles. The first-order valence-electron chi connectivity index (χ1n) is 9.79. The molecule has 2 rings (SSSR count). The average Bonchev–Trinajstić information content (AvgIpc) is 2.63. The van der Waals surface area contributed by atoms with Gasteiger partial charge in [-0.15, -0.1) is 0 Å². The molecule has 1 fully saturated rings. The monoisotopic (exact) mass is 374 g/mol. The third kappa shape index (κ3) is 7.21. The van der Waals surface area contributed by atoms with Crippen LogP contribution in [0.4, 0.5) is 0 Å². The fraction of sp³-hybridized carbons (Fsp3) is 0.619. The Morgan fingerprint density at radius 3 is 2.37 bits per heavy atom. The van der Waals surface area contributed by atoms with Gasteiger partial charge < -0.3 is 19.9 Å². The lowest BCUT2D eigenvalue weighted by Crippen LogP contribution is -2.53. The fourth-order valence-corrected chi connectivity index (χ4v) is 2.94. The number of hydrogen-bond donors (Lipinski definition) is 1. The van der Waals surface area contributed by atoms with Crippen LogP contribution in [-0.2, 0) is 22.7 Å². The van der Waals surface area contributed by atoms with Crippen molar-refractivity contribution in [3.63, 3.8) is 0 Å². The van der Waals surface area contributed by atoms with Crippen molar-refractivity contribution >= 4 is 11.9 Å². The maximum atomic E-state index is 11.5. The van der Waals surface area contributed by atoms with Gasteiger partial charge in [0.2, 0.25) is 5.91 Å². The summed E-state index contributed by atoms with van der Waals surface area (Å²) in [5.74, 6) is 1.06. The Morgan fingerprint density at radius 1 is 1.15 bits per heavy atom. The van der Waals surface area contributed by atoms with Gasteiger partial charge in [0.1, 0.15) is 0 Å². The number of guanidine groups is 1. The Morgan fingerprint density at radius 2 is 1.78 bits per heavy atom. The normalized spacial score (nSPS) is 15.8. The van der Waals surface area contributed by atoms with E-state index in [2.05, 4.69) is 62.2 Å². The van der Waals surface area contributed by atoms with Crippen LogP contribution in [0.2, 0.25) is 0 Å². The lowest BCUT2D eigenvalue weighted by molar-refractivity contribution is -0.130. The zero-order valence-electron chi connectivity index (χ0n) is 17.4. The van der Waals surface area contributed by atoms with Crippen molar-refractivity contribution in [2.45, 2.75) is 53.4 Å². The number of rotatable bonds is 5. The molecule has 1 saturated heterocycles. The topological polar surface area (TPSA) is 57.2 Å². The number of nitrogens with one attached hydrogen (secondary N) is 1. The van der Waals surface area contributed by atoms with E-state index in [0.717, 1.165) is 44.2 Å². The van der Waals surface area contributed by atoms with E-state index >= 15 is 0 Å². The van der Waals surface area contributed by atoms with Crippen LogP contribution < -0.4 is 5.32 Å². The number of ether oxygens (including phenoxy) is 1. The van der Waals surface area contributed by atoms with E-state index in [0.29, 0.717) is 13.2 Å².